The molecule has 152 valence electrons. The van der Waals surface area contributed by atoms with Crippen molar-refractivity contribution >= 4 is 11.6 Å². The average Bonchev–Trinajstić information content (AvgIpc) is 2.34. The number of hydrogen-bond acceptors (Lipinski definition) is 4. The molecule has 4 nitrogen and oxygen atoms in total. The summed E-state index contributed by atoms with van der Waals surface area (Å²) in [7, 11) is 0. The molecule has 17 heteroatoms. The third kappa shape index (κ3) is 13.1. The molecule has 0 aromatic rings. The van der Waals surface area contributed by atoms with Gasteiger partial charge in [0.1, 0.15) is 0 Å². The van der Waals surface area contributed by atoms with Crippen molar-refractivity contribution in [2.75, 3.05) is 0 Å². The van der Waals surface area contributed by atoms with E-state index in [9.17, 15) is 72.5 Å². The van der Waals surface area contributed by atoms with E-state index in [0.29, 0.717) is 0 Å². The Labute approximate surface area is 152 Å². The summed E-state index contributed by atoms with van der Waals surface area (Å²) in [5.74, 6) is -11.3. The maximum absolute atomic E-state index is 11.3. The molecule has 0 heterocycles. The van der Waals surface area contributed by atoms with Crippen LogP contribution in [0.1, 0.15) is 0 Å². The molecule has 0 amide bonds. The fourth-order valence-electron chi connectivity index (χ4n) is 0.565. The fraction of sp³-hybridized carbons (Fsp3) is 0.400. The summed E-state index contributed by atoms with van der Waals surface area (Å²) in [6, 6.07) is 0. The standard InChI is InChI=1S/2C5H2F6O2.Zn/c2*6-4(7,8)2(12)1-3(13)5(9,10)11;/h2*1,12H;/q;;+2/p-2/b2*2-1-;. The van der Waals surface area contributed by atoms with E-state index in [0.717, 1.165) is 0 Å². The SMILES string of the molecule is O=C(/C=C(\[O-])C(F)(F)F)C(F)(F)F.O=C(/C=C(\[O-])C(F)(F)F)C(F)(F)F.[Zn+2]. The predicted molar refractivity (Wildman–Crippen MR) is 50.4 cm³/mol. The second-order valence-electron chi connectivity index (χ2n) is 3.74. The molecule has 0 aromatic heterocycles. The Morgan fingerprint density at radius 1 is 0.519 bits per heavy atom. The molecule has 0 aliphatic heterocycles. The molecule has 0 saturated heterocycles. The summed E-state index contributed by atoms with van der Waals surface area (Å²) in [5.41, 5.74) is 0. The number of ketones is 2. The Bertz CT molecular complexity index is 527. The molecule has 0 spiro atoms. The van der Waals surface area contributed by atoms with Crippen molar-refractivity contribution in [2.24, 2.45) is 0 Å². The van der Waals surface area contributed by atoms with Gasteiger partial charge >= 0.3 is 44.2 Å². The van der Waals surface area contributed by atoms with E-state index in [4.69, 9.17) is 0 Å². The van der Waals surface area contributed by atoms with Gasteiger partial charge in [0, 0.05) is 0 Å². The van der Waals surface area contributed by atoms with Gasteiger partial charge in [0.05, 0.1) is 0 Å². The van der Waals surface area contributed by atoms with Gasteiger partial charge < -0.3 is 10.2 Å². The van der Waals surface area contributed by atoms with E-state index in [1.165, 1.54) is 0 Å². The number of rotatable bonds is 2. The molecule has 0 unspecified atom stereocenters. The molecule has 0 fully saturated rings. The zero-order chi connectivity index (χ0) is 21.7. The maximum atomic E-state index is 11.3. The van der Waals surface area contributed by atoms with Crippen LogP contribution in [0.25, 0.3) is 0 Å². The number of carbonyl (C=O) groups excluding carboxylic acids is 2. The fourth-order valence-corrected chi connectivity index (χ4v) is 0.565. The Hall–Kier alpha value is -1.80. The maximum Gasteiger partial charge on any atom is 2.00 e. The predicted octanol–water partition coefficient (Wildman–Crippen LogP) is 1.85. The second kappa shape index (κ2) is 9.94. The first kappa shape index (κ1) is 29.9. The zero-order valence-electron chi connectivity index (χ0n) is 12.0. The Morgan fingerprint density at radius 3 is 0.815 bits per heavy atom. The van der Waals surface area contributed by atoms with Crippen molar-refractivity contribution in [3.05, 3.63) is 23.7 Å². The van der Waals surface area contributed by atoms with Crippen molar-refractivity contribution in [1.82, 2.24) is 0 Å². The van der Waals surface area contributed by atoms with Gasteiger partial charge in [0.25, 0.3) is 11.6 Å². The van der Waals surface area contributed by atoms with Crippen LogP contribution in [-0.2, 0) is 29.1 Å². The number of hydrogen-bond donors (Lipinski definition) is 0. The van der Waals surface area contributed by atoms with Crippen LogP contribution in [0.3, 0.4) is 0 Å². The van der Waals surface area contributed by atoms with Crippen molar-refractivity contribution in [3.63, 3.8) is 0 Å². The largest absolute Gasteiger partial charge is 2.00 e. The van der Waals surface area contributed by atoms with Crippen molar-refractivity contribution in [2.45, 2.75) is 24.7 Å². The van der Waals surface area contributed by atoms with E-state index in [1.54, 1.807) is 0 Å². The van der Waals surface area contributed by atoms with E-state index >= 15 is 0 Å². The Kier molecular flexibility index (Phi) is 11.0. The summed E-state index contributed by atoms with van der Waals surface area (Å²) in [6.07, 6.45) is -23.9. The molecule has 0 radical (unpaired) electrons. The number of halogens is 12. The minimum atomic E-state index is -5.46. The molecule has 0 aliphatic rings. The van der Waals surface area contributed by atoms with Gasteiger partial charge in [-0.3, -0.25) is 9.59 Å². The first-order chi connectivity index (χ1) is 11.1. The van der Waals surface area contributed by atoms with Crippen LogP contribution in [0.5, 0.6) is 0 Å². The summed E-state index contributed by atoms with van der Waals surface area (Å²) < 4.78 is 136. The number of allylic oxidation sites excluding steroid dienone is 4. The molecule has 0 saturated carbocycles. The minimum absolute atomic E-state index is 0. The Morgan fingerprint density at radius 2 is 0.704 bits per heavy atom. The van der Waals surface area contributed by atoms with Crippen molar-refractivity contribution in [3.8, 4) is 0 Å². The van der Waals surface area contributed by atoms with E-state index in [2.05, 4.69) is 0 Å². The van der Waals surface area contributed by atoms with E-state index in [-0.39, 0.29) is 19.5 Å². The molecule has 0 aromatic carbocycles. The monoisotopic (exact) mass is 478 g/mol. The van der Waals surface area contributed by atoms with E-state index in [1.807, 2.05) is 0 Å². The number of alkyl halides is 12. The summed E-state index contributed by atoms with van der Waals surface area (Å²) in [6.45, 7) is 0. The topological polar surface area (TPSA) is 80.3 Å². The molecule has 0 rings (SSSR count). The van der Waals surface area contributed by atoms with Gasteiger partial charge in [-0.2, -0.15) is 52.7 Å². The van der Waals surface area contributed by atoms with Gasteiger partial charge in [-0.25, -0.2) is 0 Å². The van der Waals surface area contributed by atoms with Gasteiger partial charge in [-0.05, 0) is 23.7 Å². The zero-order valence-corrected chi connectivity index (χ0v) is 15.0. The van der Waals surface area contributed by atoms with Crippen LogP contribution in [0, 0.1) is 0 Å². The van der Waals surface area contributed by atoms with E-state index < -0.39 is 59.9 Å². The molecule has 27 heavy (non-hydrogen) atoms. The summed E-state index contributed by atoms with van der Waals surface area (Å²) in [5, 5.41) is 19.6. The van der Waals surface area contributed by atoms with Gasteiger partial charge in [0.15, 0.2) is 0 Å². The molecule has 0 atom stereocenters. The van der Waals surface area contributed by atoms with Crippen LogP contribution in [0.15, 0.2) is 23.7 Å². The normalized spacial score (nSPS) is 13.9. The van der Waals surface area contributed by atoms with Crippen LogP contribution in [0.2, 0.25) is 0 Å². The quantitative estimate of drug-likeness (QED) is 0.262. The molecule has 0 bridgehead atoms. The Balaban J connectivity index is -0.000000411. The molecular weight excluding hydrogens is 477 g/mol. The van der Waals surface area contributed by atoms with Crippen molar-refractivity contribution in [1.29, 1.82) is 0 Å². The van der Waals surface area contributed by atoms with Crippen LogP contribution in [0.4, 0.5) is 52.7 Å². The van der Waals surface area contributed by atoms with Crippen LogP contribution in [-0.4, -0.2) is 36.3 Å². The third-order valence-electron chi connectivity index (χ3n) is 1.64. The number of carbonyl (C=O) groups is 2. The molecule has 0 aliphatic carbocycles. The molecular formula is C10H2F12O4Zn. The van der Waals surface area contributed by atoms with Crippen molar-refractivity contribution < 1.29 is 92.0 Å². The second-order valence-corrected chi connectivity index (χ2v) is 3.74. The van der Waals surface area contributed by atoms with Gasteiger partial charge in [0.2, 0.25) is 0 Å². The third-order valence-corrected chi connectivity index (χ3v) is 1.64. The first-order valence-electron chi connectivity index (χ1n) is 5.24. The minimum Gasteiger partial charge on any atom is -0.869 e. The van der Waals surface area contributed by atoms with Gasteiger partial charge in [-0.1, -0.05) is 0 Å². The molecule has 0 N–H and O–H groups in total. The van der Waals surface area contributed by atoms with Crippen LogP contribution >= 0.6 is 0 Å². The van der Waals surface area contributed by atoms with Gasteiger partial charge in [-0.15, -0.1) is 0 Å². The first-order valence-corrected chi connectivity index (χ1v) is 5.24. The summed E-state index contributed by atoms with van der Waals surface area (Å²) >= 11 is 0. The summed E-state index contributed by atoms with van der Waals surface area (Å²) in [4.78, 5) is 19.6. The smallest absolute Gasteiger partial charge is 0.869 e. The average molecular weight is 479 g/mol. The van der Waals surface area contributed by atoms with Crippen LogP contribution < -0.4 is 10.2 Å².